The second kappa shape index (κ2) is 5.68. The standard InChI is InChI=1S/C17H20N4O2/c1-11-18-16(20-23-11)15-8-5-9-21(15)17(22)19-14-10-13(14)12-6-3-2-4-7-12/h2-4,6-7,13-15H,5,8-10H2,1H3,(H,19,22). The third kappa shape index (κ3) is 2.81. The van der Waals surface area contributed by atoms with Gasteiger partial charge in [-0.25, -0.2) is 4.79 Å². The van der Waals surface area contributed by atoms with E-state index in [1.807, 2.05) is 23.1 Å². The Balaban J connectivity index is 1.40. The Morgan fingerprint density at radius 2 is 2.17 bits per heavy atom. The van der Waals surface area contributed by atoms with E-state index in [0.29, 0.717) is 17.6 Å². The smallest absolute Gasteiger partial charge is 0.318 e. The second-order valence-electron chi connectivity index (χ2n) is 6.33. The number of nitrogens with zero attached hydrogens (tertiary/aromatic N) is 3. The van der Waals surface area contributed by atoms with Crippen molar-refractivity contribution in [2.45, 2.75) is 44.2 Å². The van der Waals surface area contributed by atoms with E-state index in [9.17, 15) is 4.79 Å². The molecule has 0 radical (unpaired) electrons. The molecule has 4 rings (SSSR count). The first-order valence-corrected chi connectivity index (χ1v) is 8.14. The number of aryl methyl sites for hydroxylation is 1. The molecule has 6 nitrogen and oxygen atoms in total. The van der Waals surface area contributed by atoms with Gasteiger partial charge in [0.15, 0.2) is 5.82 Å². The monoisotopic (exact) mass is 312 g/mol. The van der Waals surface area contributed by atoms with Crippen molar-refractivity contribution in [1.29, 1.82) is 0 Å². The molecule has 0 spiro atoms. The lowest BCUT2D eigenvalue weighted by Crippen LogP contribution is -2.41. The Bertz CT molecular complexity index is 700. The summed E-state index contributed by atoms with van der Waals surface area (Å²) in [5.41, 5.74) is 1.30. The normalized spacial score (nSPS) is 26.3. The van der Waals surface area contributed by atoms with Crippen LogP contribution in [-0.4, -0.2) is 33.7 Å². The number of carbonyl (C=O) groups excluding carboxylic acids is 1. The molecule has 1 saturated heterocycles. The first kappa shape index (κ1) is 14.2. The lowest BCUT2D eigenvalue weighted by atomic mass is 10.1. The van der Waals surface area contributed by atoms with Crippen molar-refractivity contribution in [3.8, 4) is 0 Å². The van der Waals surface area contributed by atoms with Crippen LogP contribution in [0.2, 0.25) is 0 Å². The average molecular weight is 312 g/mol. The summed E-state index contributed by atoms with van der Waals surface area (Å²) in [5, 5.41) is 7.13. The topological polar surface area (TPSA) is 71.3 Å². The Labute approximate surface area is 134 Å². The molecule has 2 heterocycles. The minimum atomic E-state index is -0.0682. The maximum absolute atomic E-state index is 12.6. The quantitative estimate of drug-likeness (QED) is 0.946. The molecule has 120 valence electrons. The summed E-state index contributed by atoms with van der Waals surface area (Å²) in [7, 11) is 0. The summed E-state index contributed by atoms with van der Waals surface area (Å²) in [6.45, 7) is 2.51. The van der Waals surface area contributed by atoms with E-state index in [1.54, 1.807) is 6.92 Å². The van der Waals surface area contributed by atoms with E-state index >= 15 is 0 Å². The SMILES string of the molecule is Cc1nc(C2CCCN2C(=O)NC2CC2c2ccccc2)no1. The first-order valence-electron chi connectivity index (χ1n) is 8.14. The fourth-order valence-electron chi connectivity index (χ4n) is 3.39. The van der Waals surface area contributed by atoms with Crippen LogP contribution in [0.3, 0.4) is 0 Å². The second-order valence-corrected chi connectivity index (χ2v) is 6.33. The van der Waals surface area contributed by atoms with Crippen molar-refractivity contribution in [2.24, 2.45) is 0 Å². The fourth-order valence-corrected chi connectivity index (χ4v) is 3.39. The minimum Gasteiger partial charge on any atom is -0.340 e. The van der Waals surface area contributed by atoms with Crippen LogP contribution >= 0.6 is 0 Å². The zero-order valence-corrected chi connectivity index (χ0v) is 13.1. The molecule has 2 fully saturated rings. The van der Waals surface area contributed by atoms with E-state index < -0.39 is 0 Å². The molecule has 6 heteroatoms. The number of rotatable bonds is 3. The first-order chi connectivity index (χ1) is 11.2. The van der Waals surface area contributed by atoms with Crippen molar-refractivity contribution in [3.05, 3.63) is 47.6 Å². The van der Waals surface area contributed by atoms with Gasteiger partial charge >= 0.3 is 6.03 Å². The number of likely N-dealkylation sites (tertiary alicyclic amines) is 1. The van der Waals surface area contributed by atoms with E-state index in [0.717, 1.165) is 25.8 Å². The van der Waals surface area contributed by atoms with Crippen LogP contribution in [0.5, 0.6) is 0 Å². The van der Waals surface area contributed by atoms with Crippen molar-refractivity contribution in [2.75, 3.05) is 6.54 Å². The summed E-state index contributed by atoms with van der Waals surface area (Å²) in [6, 6.07) is 10.5. The van der Waals surface area contributed by atoms with Gasteiger partial charge < -0.3 is 14.7 Å². The van der Waals surface area contributed by atoms with E-state index in [4.69, 9.17) is 4.52 Å². The van der Waals surface area contributed by atoms with Crippen molar-refractivity contribution < 1.29 is 9.32 Å². The number of urea groups is 1. The van der Waals surface area contributed by atoms with Crippen LogP contribution in [0.15, 0.2) is 34.9 Å². The number of carbonyl (C=O) groups is 1. The number of hydrogen-bond acceptors (Lipinski definition) is 4. The molecule has 1 aromatic heterocycles. The predicted molar refractivity (Wildman–Crippen MR) is 83.8 cm³/mol. The molecule has 23 heavy (non-hydrogen) atoms. The molecular weight excluding hydrogens is 292 g/mol. The van der Waals surface area contributed by atoms with Crippen LogP contribution in [0.25, 0.3) is 0 Å². The van der Waals surface area contributed by atoms with Gasteiger partial charge in [0, 0.05) is 25.4 Å². The summed E-state index contributed by atoms with van der Waals surface area (Å²) in [4.78, 5) is 18.7. The highest BCUT2D eigenvalue weighted by atomic mass is 16.5. The summed E-state index contributed by atoms with van der Waals surface area (Å²) in [6.07, 6.45) is 2.87. The molecule has 1 saturated carbocycles. The lowest BCUT2D eigenvalue weighted by Gasteiger charge is -2.22. The van der Waals surface area contributed by atoms with Crippen LogP contribution < -0.4 is 5.32 Å². The van der Waals surface area contributed by atoms with Crippen LogP contribution in [0, 0.1) is 6.92 Å². The molecule has 2 aliphatic rings. The van der Waals surface area contributed by atoms with Gasteiger partial charge in [-0.15, -0.1) is 0 Å². The molecule has 0 bridgehead atoms. The Morgan fingerprint density at radius 1 is 1.35 bits per heavy atom. The Hall–Kier alpha value is -2.37. The molecule has 1 N–H and O–H groups in total. The number of benzene rings is 1. The lowest BCUT2D eigenvalue weighted by molar-refractivity contribution is 0.189. The average Bonchev–Trinajstić information content (AvgIpc) is 2.97. The Kier molecular flexibility index (Phi) is 3.52. The number of nitrogens with one attached hydrogen (secondary N) is 1. The summed E-state index contributed by atoms with van der Waals surface area (Å²) in [5.74, 6) is 1.60. The molecule has 3 atom stereocenters. The van der Waals surface area contributed by atoms with E-state index in [1.165, 1.54) is 5.56 Å². The van der Waals surface area contributed by atoms with Gasteiger partial charge in [-0.3, -0.25) is 0 Å². The highest BCUT2D eigenvalue weighted by molar-refractivity contribution is 5.76. The maximum Gasteiger partial charge on any atom is 0.318 e. The van der Waals surface area contributed by atoms with Crippen LogP contribution in [0.1, 0.15) is 48.5 Å². The van der Waals surface area contributed by atoms with Gasteiger partial charge in [0.2, 0.25) is 5.89 Å². The van der Waals surface area contributed by atoms with Crippen LogP contribution in [-0.2, 0) is 0 Å². The number of amides is 2. The number of aromatic nitrogens is 2. The highest BCUT2D eigenvalue weighted by Crippen LogP contribution is 2.41. The molecular formula is C17H20N4O2. The predicted octanol–water partition coefficient (Wildman–Crippen LogP) is 2.78. The van der Waals surface area contributed by atoms with Gasteiger partial charge in [0.05, 0.1) is 6.04 Å². The fraction of sp³-hybridized carbons (Fsp3) is 0.471. The highest BCUT2D eigenvalue weighted by Gasteiger charge is 2.42. The molecule has 1 aliphatic heterocycles. The van der Waals surface area contributed by atoms with Crippen molar-refractivity contribution in [1.82, 2.24) is 20.4 Å². The molecule has 2 amide bonds. The zero-order chi connectivity index (χ0) is 15.8. The molecule has 3 unspecified atom stereocenters. The van der Waals surface area contributed by atoms with Gasteiger partial charge in [-0.2, -0.15) is 4.98 Å². The van der Waals surface area contributed by atoms with E-state index in [-0.39, 0.29) is 18.1 Å². The van der Waals surface area contributed by atoms with Gasteiger partial charge in [0.25, 0.3) is 0 Å². The molecule has 1 aromatic carbocycles. The van der Waals surface area contributed by atoms with Gasteiger partial charge in [-0.1, -0.05) is 35.5 Å². The van der Waals surface area contributed by atoms with E-state index in [2.05, 4.69) is 27.6 Å². The Morgan fingerprint density at radius 3 is 2.91 bits per heavy atom. The summed E-state index contributed by atoms with van der Waals surface area (Å²) < 4.78 is 5.05. The van der Waals surface area contributed by atoms with Crippen molar-refractivity contribution >= 4 is 6.03 Å². The van der Waals surface area contributed by atoms with Crippen molar-refractivity contribution in [3.63, 3.8) is 0 Å². The maximum atomic E-state index is 12.6. The molecule has 2 aromatic rings. The largest absolute Gasteiger partial charge is 0.340 e. The number of hydrogen-bond donors (Lipinski definition) is 1. The zero-order valence-electron chi connectivity index (χ0n) is 13.1. The van der Waals surface area contributed by atoms with Gasteiger partial charge in [-0.05, 0) is 24.8 Å². The minimum absolute atomic E-state index is 0.0154. The summed E-state index contributed by atoms with van der Waals surface area (Å²) >= 11 is 0. The third-order valence-corrected chi connectivity index (χ3v) is 4.68. The third-order valence-electron chi connectivity index (χ3n) is 4.68. The molecule has 1 aliphatic carbocycles. The van der Waals surface area contributed by atoms with Gasteiger partial charge in [0.1, 0.15) is 0 Å². The van der Waals surface area contributed by atoms with Crippen LogP contribution in [0.4, 0.5) is 4.79 Å².